The summed E-state index contributed by atoms with van der Waals surface area (Å²) in [5, 5.41) is 0. The summed E-state index contributed by atoms with van der Waals surface area (Å²) in [4.78, 5) is 26.5. The van der Waals surface area contributed by atoms with Gasteiger partial charge in [0.2, 0.25) is 0 Å². The van der Waals surface area contributed by atoms with Crippen molar-refractivity contribution in [3.05, 3.63) is 53.6 Å². The number of anilines is 1. The van der Waals surface area contributed by atoms with Crippen molar-refractivity contribution in [1.29, 1.82) is 0 Å². The molecule has 23 heavy (non-hydrogen) atoms. The van der Waals surface area contributed by atoms with Crippen molar-refractivity contribution in [3.8, 4) is 11.5 Å². The molecule has 2 aromatic rings. The lowest BCUT2D eigenvalue weighted by Crippen LogP contribution is -2.37. The van der Waals surface area contributed by atoms with Crippen molar-refractivity contribution in [2.45, 2.75) is 6.42 Å². The minimum Gasteiger partial charge on any atom is -0.497 e. The van der Waals surface area contributed by atoms with Gasteiger partial charge < -0.3 is 14.4 Å². The van der Waals surface area contributed by atoms with Gasteiger partial charge in [-0.1, -0.05) is 0 Å². The number of carbonyl (C=O) groups excluding carboxylic acids is 2. The fourth-order valence-corrected chi connectivity index (χ4v) is 2.67. The zero-order valence-corrected chi connectivity index (χ0v) is 13.0. The molecular weight excluding hydrogens is 294 g/mol. The Labute approximate surface area is 134 Å². The number of Topliss-reactive ketones (excluding diaryl/α,β-unsaturated/α-hetero) is 1. The van der Waals surface area contributed by atoms with Gasteiger partial charge in [-0.15, -0.1) is 0 Å². The first kappa shape index (κ1) is 15.1. The number of ketones is 1. The van der Waals surface area contributed by atoms with E-state index in [0.29, 0.717) is 41.3 Å². The number of hydrogen-bond donors (Lipinski definition) is 0. The molecular formula is C18H17NO4. The van der Waals surface area contributed by atoms with Gasteiger partial charge in [-0.05, 0) is 42.5 Å². The number of carbonyl (C=O) groups is 2. The second kappa shape index (κ2) is 6.12. The molecule has 0 aromatic heterocycles. The maximum Gasteiger partial charge on any atom is 0.258 e. The second-order valence-corrected chi connectivity index (χ2v) is 5.24. The predicted molar refractivity (Wildman–Crippen MR) is 86.6 cm³/mol. The molecule has 0 unspecified atom stereocenters. The third kappa shape index (κ3) is 2.77. The molecule has 1 heterocycles. The Morgan fingerprint density at radius 3 is 2.30 bits per heavy atom. The zero-order chi connectivity index (χ0) is 16.4. The van der Waals surface area contributed by atoms with E-state index < -0.39 is 0 Å². The van der Waals surface area contributed by atoms with Crippen LogP contribution in [0.1, 0.15) is 27.1 Å². The van der Waals surface area contributed by atoms with Gasteiger partial charge in [-0.3, -0.25) is 9.59 Å². The second-order valence-electron chi connectivity index (χ2n) is 5.24. The standard InChI is InChI=1S/C18H17NO4/c1-22-13-5-3-12(4-6-13)18(21)19-10-9-17(20)15-11-14(23-2)7-8-16(15)19/h3-8,11H,9-10H2,1-2H3. The summed E-state index contributed by atoms with van der Waals surface area (Å²) in [5.41, 5.74) is 1.71. The fourth-order valence-electron chi connectivity index (χ4n) is 2.67. The van der Waals surface area contributed by atoms with Crippen LogP contribution in [0.2, 0.25) is 0 Å². The lowest BCUT2D eigenvalue weighted by Gasteiger charge is -2.29. The first-order chi connectivity index (χ1) is 11.1. The number of fused-ring (bicyclic) bond motifs is 1. The van der Waals surface area contributed by atoms with Crippen LogP contribution in [-0.2, 0) is 0 Å². The lowest BCUT2D eigenvalue weighted by atomic mass is 9.99. The molecule has 5 heteroatoms. The summed E-state index contributed by atoms with van der Waals surface area (Å²) < 4.78 is 10.3. The summed E-state index contributed by atoms with van der Waals surface area (Å²) in [5.74, 6) is 1.20. The molecule has 0 bridgehead atoms. The number of nitrogens with zero attached hydrogens (tertiary/aromatic N) is 1. The third-order valence-corrected chi connectivity index (χ3v) is 3.94. The van der Waals surface area contributed by atoms with Crippen LogP contribution >= 0.6 is 0 Å². The summed E-state index contributed by atoms with van der Waals surface area (Å²) in [6.45, 7) is 0.378. The molecule has 0 atom stereocenters. The maximum atomic E-state index is 12.8. The molecule has 0 N–H and O–H groups in total. The van der Waals surface area contributed by atoms with Crippen LogP contribution in [-0.4, -0.2) is 32.5 Å². The van der Waals surface area contributed by atoms with E-state index in [2.05, 4.69) is 0 Å². The van der Waals surface area contributed by atoms with Crippen LogP contribution in [0.3, 0.4) is 0 Å². The highest BCUT2D eigenvalue weighted by Gasteiger charge is 2.28. The Hall–Kier alpha value is -2.82. The van der Waals surface area contributed by atoms with Crippen molar-refractivity contribution in [3.63, 3.8) is 0 Å². The van der Waals surface area contributed by atoms with Gasteiger partial charge in [0.05, 0.1) is 19.9 Å². The molecule has 0 spiro atoms. The van der Waals surface area contributed by atoms with Crippen LogP contribution < -0.4 is 14.4 Å². The van der Waals surface area contributed by atoms with E-state index in [4.69, 9.17) is 9.47 Å². The molecule has 1 aliphatic heterocycles. The summed E-state index contributed by atoms with van der Waals surface area (Å²) in [6, 6.07) is 12.1. The topological polar surface area (TPSA) is 55.8 Å². The van der Waals surface area contributed by atoms with Crippen molar-refractivity contribution in [2.24, 2.45) is 0 Å². The number of benzene rings is 2. The Balaban J connectivity index is 1.96. The first-order valence-electron chi connectivity index (χ1n) is 7.31. The summed E-state index contributed by atoms with van der Waals surface area (Å²) >= 11 is 0. The van der Waals surface area contributed by atoms with Gasteiger partial charge in [0.25, 0.3) is 5.91 Å². The monoisotopic (exact) mass is 311 g/mol. The predicted octanol–water partition coefficient (Wildman–Crippen LogP) is 2.94. The number of amides is 1. The van der Waals surface area contributed by atoms with Gasteiger partial charge in [0, 0.05) is 24.1 Å². The third-order valence-electron chi connectivity index (χ3n) is 3.94. The average Bonchev–Trinajstić information content (AvgIpc) is 2.61. The lowest BCUT2D eigenvalue weighted by molar-refractivity contribution is 0.0955. The Kier molecular flexibility index (Phi) is 4.02. The molecule has 0 aliphatic carbocycles. The molecule has 2 aromatic carbocycles. The molecule has 0 fully saturated rings. The van der Waals surface area contributed by atoms with Gasteiger partial charge in [0.1, 0.15) is 11.5 Å². The molecule has 5 nitrogen and oxygen atoms in total. The molecule has 118 valence electrons. The number of ether oxygens (including phenoxy) is 2. The zero-order valence-electron chi connectivity index (χ0n) is 13.0. The van der Waals surface area contributed by atoms with Crippen molar-refractivity contribution in [1.82, 2.24) is 0 Å². The van der Waals surface area contributed by atoms with Gasteiger partial charge in [0.15, 0.2) is 5.78 Å². The number of methoxy groups -OCH3 is 2. The SMILES string of the molecule is COc1ccc(C(=O)N2CCC(=O)c3cc(OC)ccc32)cc1. The highest BCUT2D eigenvalue weighted by Crippen LogP contribution is 2.31. The van der Waals surface area contributed by atoms with Crippen LogP contribution in [0.15, 0.2) is 42.5 Å². The van der Waals surface area contributed by atoms with E-state index >= 15 is 0 Å². The molecule has 1 aliphatic rings. The fraction of sp³-hybridized carbons (Fsp3) is 0.222. The Bertz CT molecular complexity index is 752. The van der Waals surface area contributed by atoms with Crippen LogP contribution in [0.25, 0.3) is 0 Å². The van der Waals surface area contributed by atoms with Gasteiger partial charge in [-0.2, -0.15) is 0 Å². The summed E-state index contributed by atoms with van der Waals surface area (Å²) in [6.07, 6.45) is 0.308. The molecule has 0 radical (unpaired) electrons. The van der Waals surface area contributed by atoms with E-state index in [9.17, 15) is 9.59 Å². The van der Waals surface area contributed by atoms with E-state index in [1.165, 1.54) is 0 Å². The highest BCUT2D eigenvalue weighted by atomic mass is 16.5. The smallest absolute Gasteiger partial charge is 0.258 e. The molecule has 3 rings (SSSR count). The van der Waals surface area contributed by atoms with Gasteiger partial charge >= 0.3 is 0 Å². The van der Waals surface area contributed by atoms with Gasteiger partial charge in [-0.25, -0.2) is 0 Å². The van der Waals surface area contributed by atoms with E-state index in [1.54, 1.807) is 61.6 Å². The molecule has 0 saturated carbocycles. The maximum absolute atomic E-state index is 12.8. The number of hydrogen-bond acceptors (Lipinski definition) is 4. The van der Waals surface area contributed by atoms with Crippen LogP contribution in [0.4, 0.5) is 5.69 Å². The minimum atomic E-state index is -0.133. The van der Waals surface area contributed by atoms with Crippen LogP contribution in [0.5, 0.6) is 11.5 Å². The van der Waals surface area contributed by atoms with Crippen molar-refractivity contribution < 1.29 is 19.1 Å². The Morgan fingerprint density at radius 2 is 1.65 bits per heavy atom. The van der Waals surface area contributed by atoms with E-state index in [-0.39, 0.29) is 11.7 Å². The largest absolute Gasteiger partial charge is 0.497 e. The van der Waals surface area contributed by atoms with Crippen molar-refractivity contribution >= 4 is 17.4 Å². The molecule has 1 amide bonds. The van der Waals surface area contributed by atoms with E-state index in [1.807, 2.05) is 0 Å². The Morgan fingerprint density at radius 1 is 1.00 bits per heavy atom. The normalized spacial score (nSPS) is 13.5. The average molecular weight is 311 g/mol. The van der Waals surface area contributed by atoms with E-state index in [0.717, 1.165) is 0 Å². The highest BCUT2D eigenvalue weighted by molar-refractivity contribution is 6.13. The summed E-state index contributed by atoms with van der Waals surface area (Å²) in [7, 11) is 3.13. The quantitative estimate of drug-likeness (QED) is 0.874. The van der Waals surface area contributed by atoms with Crippen molar-refractivity contribution in [2.75, 3.05) is 25.7 Å². The van der Waals surface area contributed by atoms with Crippen LogP contribution in [0, 0.1) is 0 Å². The number of rotatable bonds is 3. The first-order valence-corrected chi connectivity index (χ1v) is 7.31. The molecule has 0 saturated heterocycles. The minimum absolute atomic E-state index is 0.0256.